The number of anilines is 1. The summed E-state index contributed by atoms with van der Waals surface area (Å²) in [6.45, 7) is 0. The molecule has 0 saturated heterocycles. The number of thiophene rings is 1. The predicted octanol–water partition coefficient (Wildman–Crippen LogP) is 4.56. The van der Waals surface area contributed by atoms with E-state index in [9.17, 15) is 13.2 Å². The highest BCUT2D eigenvalue weighted by Crippen LogP contribution is 2.46. The lowest BCUT2D eigenvalue weighted by molar-refractivity contribution is -0.183. The summed E-state index contributed by atoms with van der Waals surface area (Å²) >= 11 is 1.52. The predicted molar refractivity (Wildman–Crippen MR) is 77.1 cm³/mol. The minimum absolute atomic E-state index is 0.115. The fourth-order valence-electron chi connectivity index (χ4n) is 3.09. The van der Waals surface area contributed by atoms with Crippen LogP contribution in [0.15, 0.2) is 17.5 Å². The molecule has 0 bridgehead atoms. The average Bonchev–Trinajstić information content (AvgIpc) is 3.06. The second-order valence-electron chi connectivity index (χ2n) is 5.48. The fraction of sp³-hybridized carbons (Fsp3) is 0.500. The summed E-state index contributed by atoms with van der Waals surface area (Å²) in [5.74, 6) is -1.02. The molecule has 2 atom stereocenters. The van der Waals surface area contributed by atoms with E-state index in [1.54, 1.807) is 0 Å². The number of hydrogen-bond donors (Lipinski definition) is 2. The van der Waals surface area contributed by atoms with Gasteiger partial charge in [-0.2, -0.15) is 18.3 Å². The fourth-order valence-corrected chi connectivity index (χ4v) is 3.89. The van der Waals surface area contributed by atoms with Crippen molar-refractivity contribution in [3.63, 3.8) is 0 Å². The smallest absolute Gasteiger partial charge is 0.382 e. The minimum Gasteiger partial charge on any atom is -0.382 e. The molecule has 1 aliphatic carbocycles. The Kier molecular flexibility index (Phi) is 3.69. The lowest BCUT2D eigenvalue weighted by Crippen LogP contribution is -2.28. The maximum Gasteiger partial charge on any atom is 0.391 e. The van der Waals surface area contributed by atoms with Crippen LogP contribution in [-0.2, 0) is 0 Å². The molecule has 0 spiro atoms. The van der Waals surface area contributed by atoms with Crippen LogP contribution in [0.4, 0.5) is 19.0 Å². The second-order valence-corrected chi connectivity index (χ2v) is 6.42. The molecule has 0 radical (unpaired) electrons. The van der Waals surface area contributed by atoms with Crippen molar-refractivity contribution < 1.29 is 13.2 Å². The highest BCUT2D eigenvalue weighted by molar-refractivity contribution is 7.13. The standard InChI is InChI=1S/C14H16F3N3S/c15-14(16,17)9-4-1-3-8(7-9)12-11(13(18)20-19-12)10-5-2-6-21-10/h2,5-6,8-9H,1,3-4,7H2,(H3,18,19,20). The number of halogens is 3. The van der Waals surface area contributed by atoms with Gasteiger partial charge in [-0.05, 0) is 30.7 Å². The van der Waals surface area contributed by atoms with Crippen LogP contribution < -0.4 is 5.73 Å². The molecule has 2 unspecified atom stereocenters. The van der Waals surface area contributed by atoms with Gasteiger partial charge in [0.1, 0.15) is 0 Å². The number of hydrogen-bond acceptors (Lipinski definition) is 3. The van der Waals surface area contributed by atoms with E-state index < -0.39 is 12.1 Å². The Morgan fingerprint density at radius 2 is 2.14 bits per heavy atom. The van der Waals surface area contributed by atoms with E-state index in [0.717, 1.165) is 22.6 Å². The molecule has 1 fully saturated rings. The third kappa shape index (κ3) is 2.79. The molecule has 21 heavy (non-hydrogen) atoms. The van der Waals surface area contributed by atoms with Crippen molar-refractivity contribution in [3.8, 4) is 10.4 Å². The molecule has 3 N–H and O–H groups in total. The van der Waals surface area contributed by atoms with Crippen LogP contribution in [0.5, 0.6) is 0 Å². The molecule has 0 aliphatic heterocycles. The Labute approximate surface area is 124 Å². The second kappa shape index (κ2) is 5.36. The normalized spacial score (nSPS) is 23.4. The first-order valence-electron chi connectivity index (χ1n) is 6.91. The third-order valence-electron chi connectivity index (χ3n) is 4.14. The highest BCUT2D eigenvalue weighted by atomic mass is 32.1. The van der Waals surface area contributed by atoms with E-state index in [0.29, 0.717) is 12.2 Å². The average molecular weight is 315 g/mol. The number of nitrogens with zero attached hydrogens (tertiary/aromatic N) is 1. The van der Waals surface area contributed by atoms with Gasteiger partial charge in [0.2, 0.25) is 0 Å². The van der Waals surface area contributed by atoms with E-state index in [1.807, 2.05) is 17.5 Å². The van der Waals surface area contributed by atoms with Gasteiger partial charge in [0.05, 0.1) is 11.5 Å². The number of alkyl halides is 3. The van der Waals surface area contributed by atoms with E-state index >= 15 is 0 Å². The number of nitrogens with one attached hydrogen (secondary N) is 1. The van der Waals surface area contributed by atoms with Crippen LogP contribution in [0.25, 0.3) is 10.4 Å². The zero-order valence-electron chi connectivity index (χ0n) is 11.3. The summed E-state index contributed by atoms with van der Waals surface area (Å²) in [4.78, 5) is 0.949. The van der Waals surface area contributed by atoms with Crippen molar-refractivity contribution in [1.29, 1.82) is 0 Å². The number of aromatic nitrogens is 2. The van der Waals surface area contributed by atoms with Crippen LogP contribution in [0.1, 0.15) is 37.3 Å². The molecule has 0 amide bonds. The number of aromatic amines is 1. The van der Waals surface area contributed by atoms with Gasteiger partial charge < -0.3 is 5.73 Å². The molecular formula is C14H16F3N3S. The first-order valence-corrected chi connectivity index (χ1v) is 7.79. The SMILES string of the molecule is Nc1n[nH]c(C2CCCC(C(F)(F)F)C2)c1-c1cccs1. The Morgan fingerprint density at radius 1 is 1.33 bits per heavy atom. The van der Waals surface area contributed by atoms with Crippen LogP contribution in [0, 0.1) is 5.92 Å². The highest BCUT2D eigenvalue weighted by Gasteiger charge is 2.43. The van der Waals surface area contributed by atoms with E-state index in [4.69, 9.17) is 5.73 Å². The topological polar surface area (TPSA) is 54.7 Å². The van der Waals surface area contributed by atoms with Crippen molar-refractivity contribution in [2.24, 2.45) is 5.92 Å². The lowest BCUT2D eigenvalue weighted by Gasteiger charge is -2.30. The first-order chi connectivity index (χ1) is 9.97. The molecule has 2 aromatic rings. The van der Waals surface area contributed by atoms with Gasteiger partial charge in [0, 0.05) is 16.5 Å². The van der Waals surface area contributed by atoms with Crippen molar-refractivity contribution >= 4 is 17.2 Å². The summed E-state index contributed by atoms with van der Waals surface area (Å²) < 4.78 is 38.9. The van der Waals surface area contributed by atoms with Gasteiger partial charge in [-0.1, -0.05) is 12.5 Å². The van der Waals surface area contributed by atoms with E-state index in [2.05, 4.69) is 10.2 Å². The van der Waals surface area contributed by atoms with Gasteiger partial charge >= 0.3 is 6.18 Å². The number of rotatable bonds is 2. The summed E-state index contributed by atoms with van der Waals surface area (Å²) in [5, 5.41) is 8.80. The molecule has 1 aliphatic rings. The number of nitrogen functional groups attached to an aromatic ring is 1. The largest absolute Gasteiger partial charge is 0.391 e. The number of nitrogens with two attached hydrogens (primary N) is 1. The van der Waals surface area contributed by atoms with Gasteiger partial charge in [0.25, 0.3) is 0 Å². The van der Waals surface area contributed by atoms with Gasteiger partial charge in [-0.15, -0.1) is 11.3 Å². The zero-order valence-corrected chi connectivity index (χ0v) is 12.1. The minimum atomic E-state index is -4.12. The zero-order chi connectivity index (χ0) is 15.0. The molecular weight excluding hydrogens is 299 g/mol. The monoisotopic (exact) mass is 315 g/mol. The van der Waals surface area contributed by atoms with E-state index in [1.165, 1.54) is 11.3 Å². The lowest BCUT2D eigenvalue weighted by atomic mass is 9.78. The van der Waals surface area contributed by atoms with Crippen molar-refractivity contribution in [1.82, 2.24) is 10.2 Å². The van der Waals surface area contributed by atoms with Gasteiger partial charge in [0.15, 0.2) is 5.82 Å². The van der Waals surface area contributed by atoms with Crippen LogP contribution in [0.2, 0.25) is 0 Å². The van der Waals surface area contributed by atoms with Crippen molar-refractivity contribution in [2.45, 2.75) is 37.8 Å². The Bertz CT molecular complexity index is 604. The summed E-state index contributed by atoms with van der Waals surface area (Å²) in [6.07, 6.45) is -2.46. The first kappa shape index (κ1) is 14.4. The third-order valence-corrected chi connectivity index (χ3v) is 5.02. The van der Waals surface area contributed by atoms with E-state index in [-0.39, 0.29) is 18.8 Å². The molecule has 1 saturated carbocycles. The summed E-state index contributed by atoms with van der Waals surface area (Å²) in [5.41, 5.74) is 7.43. The molecule has 2 heterocycles. The summed E-state index contributed by atoms with van der Waals surface area (Å²) in [6, 6.07) is 3.81. The molecule has 3 nitrogen and oxygen atoms in total. The maximum atomic E-state index is 13.0. The molecule has 7 heteroatoms. The Balaban J connectivity index is 1.91. The van der Waals surface area contributed by atoms with Gasteiger partial charge in [-0.3, -0.25) is 5.10 Å². The Hall–Kier alpha value is -1.50. The summed E-state index contributed by atoms with van der Waals surface area (Å²) in [7, 11) is 0. The molecule has 2 aromatic heterocycles. The Morgan fingerprint density at radius 3 is 2.81 bits per heavy atom. The van der Waals surface area contributed by atoms with Crippen LogP contribution >= 0.6 is 11.3 Å². The number of H-pyrrole nitrogens is 1. The molecule has 0 aromatic carbocycles. The maximum absolute atomic E-state index is 13.0. The van der Waals surface area contributed by atoms with Crippen molar-refractivity contribution in [2.75, 3.05) is 5.73 Å². The molecule has 114 valence electrons. The van der Waals surface area contributed by atoms with Crippen molar-refractivity contribution in [3.05, 3.63) is 23.2 Å². The quantitative estimate of drug-likeness (QED) is 0.854. The van der Waals surface area contributed by atoms with Gasteiger partial charge in [-0.25, -0.2) is 0 Å². The molecule has 3 rings (SSSR count). The van der Waals surface area contributed by atoms with Crippen LogP contribution in [0.3, 0.4) is 0 Å². The van der Waals surface area contributed by atoms with Crippen LogP contribution in [-0.4, -0.2) is 16.4 Å².